The smallest absolute Gasteiger partial charge is 0.311 e. The summed E-state index contributed by atoms with van der Waals surface area (Å²) >= 11 is 0. The second-order valence-electron chi connectivity index (χ2n) is 8.71. The quantitative estimate of drug-likeness (QED) is 0.226. The largest absolute Gasteiger partial charge is 0.365 e. The molecule has 0 aromatic rings. The molecule has 0 aliphatic carbocycles. The van der Waals surface area contributed by atoms with E-state index in [0.29, 0.717) is 0 Å². The van der Waals surface area contributed by atoms with Crippen LogP contribution in [-0.2, 0) is 9.63 Å². The van der Waals surface area contributed by atoms with Crippen molar-refractivity contribution in [1.29, 1.82) is 0 Å². The Labute approximate surface area is 167 Å². The molecule has 0 saturated carbocycles. The van der Waals surface area contributed by atoms with E-state index in [9.17, 15) is 4.79 Å². The molecule has 0 spiro atoms. The van der Waals surface area contributed by atoms with E-state index in [4.69, 9.17) is 4.84 Å². The highest BCUT2D eigenvalue weighted by Crippen LogP contribution is 2.37. The predicted molar refractivity (Wildman–Crippen MR) is 113 cm³/mol. The third-order valence-electron chi connectivity index (χ3n) is 6.31. The summed E-state index contributed by atoms with van der Waals surface area (Å²) in [4.78, 5) is 17.0. The number of carbonyl (C=O) groups is 1. The first-order valence-corrected chi connectivity index (χ1v) is 11.7. The summed E-state index contributed by atoms with van der Waals surface area (Å²) in [6, 6.07) is 0. The van der Waals surface area contributed by atoms with Crippen LogP contribution >= 0.6 is 0 Å². The van der Waals surface area contributed by atoms with Gasteiger partial charge in [0.15, 0.2) is 0 Å². The van der Waals surface area contributed by atoms with Crippen molar-refractivity contribution < 1.29 is 9.63 Å². The minimum atomic E-state index is -0.464. The molecule has 1 aliphatic heterocycles. The van der Waals surface area contributed by atoms with Crippen molar-refractivity contribution in [1.82, 2.24) is 0 Å². The Balaban J connectivity index is 1.89. The molecule has 1 heterocycles. The van der Waals surface area contributed by atoms with E-state index >= 15 is 0 Å². The van der Waals surface area contributed by atoms with E-state index in [1.165, 1.54) is 89.9 Å². The summed E-state index contributed by atoms with van der Waals surface area (Å²) in [6.45, 7) is 6.54. The molecule has 1 aliphatic rings. The van der Waals surface area contributed by atoms with Gasteiger partial charge in [0.25, 0.3) is 0 Å². The Bertz CT molecular complexity index is 411. The van der Waals surface area contributed by atoms with E-state index in [-0.39, 0.29) is 11.3 Å². The van der Waals surface area contributed by atoms with Crippen molar-refractivity contribution in [2.24, 2.45) is 15.8 Å². The van der Waals surface area contributed by atoms with Gasteiger partial charge in [-0.2, -0.15) is 0 Å². The Hall–Kier alpha value is -0.930. The van der Waals surface area contributed by atoms with Gasteiger partial charge in [0.1, 0.15) is 0 Å². The van der Waals surface area contributed by atoms with E-state index in [0.717, 1.165) is 19.3 Å². The van der Waals surface area contributed by atoms with Gasteiger partial charge >= 0.3 is 5.91 Å². The number of unbranched alkanes of at least 4 members (excludes halogenated alkanes) is 14. The number of hydrogen-bond acceptors (Lipinski definition) is 3. The van der Waals surface area contributed by atoms with Gasteiger partial charge < -0.3 is 4.84 Å². The van der Waals surface area contributed by atoms with Crippen molar-refractivity contribution in [3.8, 4) is 0 Å². The zero-order valence-corrected chi connectivity index (χ0v) is 18.3. The maximum absolute atomic E-state index is 11.8. The number of carbonyl (C=O) groups excluding carboxylic acids is 1. The fourth-order valence-electron chi connectivity index (χ4n) is 4.03. The number of rotatable bonds is 18. The Morgan fingerprint density at radius 3 is 1.59 bits per heavy atom. The Morgan fingerprint density at radius 2 is 1.22 bits per heavy atom. The first-order chi connectivity index (χ1) is 13.1. The molecule has 0 aromatic heterocycles. The van der Waals surface area contributed by atoms with Crippen LogP contribution in [-0.4, -0.2) is 12.0 Å². The van der Waals surface area contributed by atoms with E-state index in [1.54, 1.807) is 0 Å². The minimum absolute atomic E-state index is 0.128. The molecule has 0 aromatic carbocycles. The zero-order valence-electron chi connectivity index (χ0n) is 18.3. The van der Waals surface area contributed by atoms with Gasteiger partial charge in [0, 0.05) is 10.7 Å². The maximum Gasteiger partial charge on any atom is 0.311 e. The molecule has 4 heteroatoms. The summed E-state index contributed by atoms with van der Waals surface area (Å²) in [5, 5.41) is 6.97. The number of amides is 1. The summed E-state index contributed by atoms with van der Waals surface area (Å²) in [7, 11) is 0. The topological polar surface area (TPSA) is 51.0 Å². The molecule has 27 heavy (non-hydrogen) atoms. The average molecular weight is 381 g/mol. The number of nitrogens with zero attached hydrogens (tertiary/aromatic N) is 2. The van der Waals surface area contributed by atoms with Crippen molar-refractivity contribution in [3.05, 3.63) is 0 Å². The van der Waals surface area contributed by atoms with Crippen molar-refractivity contribution in [2.45, 2.75) is 136 Å². The maximum atomic E-state index is 11.8. The third kappa shape index (κ3) is 10.3. The first-order valence-electron chi connectivity index (χ1n) is 11.7. The molecule has 4 nitrogen and oxygen atoms in total. The highest BCUT2D eigenvalue weighted by Gasteiger charge is 2.42. The fraction of sp³-hybridized carbons (Fsp3) is 0.957. The summed E-state index contributed by atoms with van der Waals surface area (Å²) < 4.78 is 0. The normalized spacial score (nSPS) is 18.6. The van der Waals surface area contributed by atoms with Crippen LogP contribution in [0.3, 0.4) is 0 Å². The lowest BCUT2D eigenvalue weighted by Gasteiger charge is -2.30. The van der Waals surface area contributed by atoms with Gasteiger partial charge in [-0.05, 0) is 12.8 Å². The molecule has 0 radical (unpaired) electrons. The van der Waals surface area contributed by atoms with Crippen molar-refractivity contribution >= 4 is 5.91 Å². The SMILES string of the molecule is CCCCCCCCCCCCCCCCCC(C)(CC)C1ON=NC1=O. The molecule has 0 saturated heterocycles. The minimum Gasteiger partial charge on any atom is -0.365 e. The summed E-state index contributed by atoms with van der Waals surface area (Å²) in [5.74, 6) is -0.208. The van der Waals surface area contributed by atoms with Crippen LogP contribution in [0.2, 0.25) is 0 Å². The molecule has 0 bridgehead atoms. The van der Waals surface area contributed by atoms with Gasteiger partial charge in [-0.15, -0.1) is 0 Å². The Kier molecular flexibility index (Phi) is 13.4. The van der Waals surface area contributed by atoms with Crippen LogP contribution in [0.5, 0.6) is 0 Å². The molecule has 2 unspecified atom stereocenters. The molecule has 1 amide bonds. The lowest BCUT2D eigenvalue weighted by Crippen LogP contribution is -2.36. The first kappa shape index (κ1) is 24.1. The highest BCUT2D eigenvalue weighted by atomic mass is 16.7. The van der Waals surface area contributed by atoms with E-state index in [1.807, 2.05) is 0 Å². The van der Waals surface area contributed by atoms with E-state index in [2.05, 4.69) is 31.2 Å². The van der Waals surface area contributed by atoms with Crippen molar-refractivity contribution in [3.63, 3.8) is 0 Å². The monoisotopic (exact) mass is 380 g/mol. The van der Waals surface area contributed by atoms with Crippen LogP contribution in [0.15, 0.2) is 10.4 Å². The van der Waals surface area contributed by atoms with Gasteiger partial charge in [-0.25, -0.2) is 0 Å². The molecular formula is C23H44N2O2. The summed E-state index contributed by atoms with van der Waals surface area (Å²) in [5.41, 5.74) is -0.128. The van der Waals surface area contributed by atoms with Gasteiger partial charge in [0.2, 0.25) is 6.10 Å². The third-order valence-corrected chi connectivity index (χ3v) is 6.31. The molecule has 1 rings (SSSR count). The molecule has 0 fully saturated rings. The molecule has 2 atom stereocenters. The van der Waals surface area contributed by atoms with Crippen LogP contribution in [0, 0.1) is 5.41 Å². The lowest BCUT2D eigenvalue weighted by atomic mass is 9.76. The molecular weight excluding hydrogens is 336 g/mol. The second kappa shape index (κ2) is 15.0. The van der Waals surface area contributed by atoms with Crippen LogP contribution < -0.4 is 0 Å². The summed E-state index contributed by atoms with van der Waals surface area (Å²) in [6.07, 6.45) is 22.1. The fourth-order valence-corrected chi connectivity index (χ4v) is 4.03. The van der Waals surface area contributed by atoms with Crippen molar-refractivity contribution in [2.75, 3.05) is 0 Å². The Morgan fingerprint density at radius 1 is 0.778 bits per heavy atom. The second-order valence-corrected chi connectivity index (χ2v) is 8.71. The molecule has 158 valence electrons. The van der Waals surface area contributed by atoms with Gasteiger partial charge in [-0.3, -0.25) is 4.79 Å². The van der Waals surface area contributed by atoms with E-state index < -0.39 is 6.10 Å². The highest BCUT2D eigenvalue weighted by molar-refractivity contribution is 5.82. The van der Waals surface area contributed by atoms with Crippen LogP contribution in [0.4, 0.5) is 0 Å². The molecule has 0 N–H and O–H groups in total. The average Bonchev–Trinajstić information content (AvgIpc) is 3.11. The zero-order chi connectivity index (χ0) is 19.8. The lowest BCUT2D eigenvalue weighted by molar-refractivity contribution is -0.131. The van der Waals surface area contributed by atoms with Crippen LogP contribution in [0.25, 0.3) is 0 Å². The van der Waals surface area contributed by atoms with Crippen LogP contribution in [0.1, 0.15) is 130 Å². The van der Waals surface area contributed by atoms with Gasteiger partial charge in [-0.1, -0.05) is 122 Å². The van der Waals surface area contributed by atoms with Gasteiger partial charge in [0.05, 0.1) is 0 Å². The predicted octanol–water partition coefficient (Wildman–Crippen LogP) is 7.96. The standard InChI is InChI=1S/C23H44N2O2/c1-4-6-7-8-9-10-11-12-13-14-15-16-17-18-19-20-23(3,5-2)21-22(26)24-25-27-21/h21H,4-20H2,1-3H3. The number of hydrogen-bond donors (Lipinski definition) is 0.